The second-order valence-electron chi connectivity index (χ2n) is 8.48. The van der Waals surface area contributed by atoms with Crippen LogP contribution in [0.15, 0.2) is 55.1 Å². The molecule has 0 amide bonds. The smallest absolute Gasteiger partial charge is 0.141 e. The lowest BCUT2D eigenvalue weighted by Gasteiger charge is -2.28. The molecule has 0 spiro atoms. The molecule has 3 rings (SSSR count). The zero-order valence-electron chi connectivity index (χ0n) is 19.3. The highest BCUT2D eigenvalue weighted by Crippen LogP contribution is 2.34. The minimum absolute atomic E-state index is 0.0476. The van der Waals surface area contributed by atoms with E-state index in [-0.39, 0.29) is 23.4 Å². The first-order valence-corrected chi connectivity index (χ1v) is 10.7. The largest absolute Gasteiger partial charge is 0.507 e. The number of methoxy groups -OCH3 is 1. The summed E-state index contributed by atoms with van der Waals surface area (Å²) in [7, 11) is 1.57. The molecule has 1 heterocycles. The zero-order valence-corrected chi connectivity index (χ0v) is 19.3. The number of ether oxygens (including phenoxy) is 1. The van der Waals surface area contributed by atoms with Crippen LogP contribution in [0, 0.1) is 16.7 Å². The number of phenols is 1. The monoisotopic (exact) mass is 433 g/mol. The Morgan fingerprint density at radius 2 is 1.81 bits per heavy atom. The number of imidazole rings is 1. The first kappa shape index (κ1) is 23.1. The summed E-state index contributed by atoms with van der Waals surface area (Å²) in [6, 6.07) is 10.9. The van der Waals surface area contributed by atoms with Gasteiger partial charge in [0.2, 0.25) is 0 Å². The van der Waals surface area contributed by atoms with Crippen molar-refractivity contribution in [3.8, 4) is 17.2 Å². The Morgan fingerprint density at radius 1 is 1.12 bits per heavy atom. The Labute approximate surface area is 189 Å². The van der Waals surface area contributed by atoms with E-state index in [0.29, 0.717) is 29.3 Å². The number of anilines is 1. The van der Waals surface area contributed by atoms with Gasteiger partial charge >= 0.3 is 0 Å². The molecule has 3 N–H and O–H groups in total. The number of hydrogen-bond donors (Lipinski definition) is 3. The van der Waals surface area contributed by atoms with Crippen LogP contribution < -0.4 is 9.64 Å². The quantitative estimate of drug-likeness (QED) is 0.335. The second-order valence-corrected chi connectivity index (χ2v) is 8.48. The van der Waals surface area contributed by atoms with Gasteiger partial charge < -0.3 is 14.4 Å². The van der Waals surface area contributed by atoms with Gasteiger partial charge in [-0.2, -0.15) is 0 Å². The third kappa shape index (κ3) is 4.82. The SMILES string of the molecule is COc1cc(O)c(C(=N)N(C(=N)CC(C)C)c2ccc(-n3ccnc3)cc2)cc1C(C)C. The second kappa shape index (κ2) is 9.68. The number of hydrogen-bond acceptors (Lipinski definition) is 5. The third-order valence-corrected chi connectivity index (χ3v) is 5.23. The molecule has 0 bridgehead atoms. The van der Waals surface area contributed by atoms with Gasteiger partial charge in [0.1, 0.15) is 23.2 Å². The van der Waals surface area contributed by atoms with Crippen molar-refractivity contribution in [2.45, 2.75) is 40.0 Å². The molecule has 3 aromatic rings. The summed E-state index contributed by atoms with van der Waals surface area (Å²) in [6.07, 6.45) is 5.80. The molecular weight excluding hydrogens is 402 g/mol. The molecule has 7 heteroatoms. The Hall–Kier alpha value is -3.61. The van der Waals surface area contributed by atoms with Crippen LogP contribution >= 0.6 is 0 Å². The van der Waals surface area contributed by atoms with Crippen LogP contribution in [0.4, 0.5) is 5.69 Å². The van der Waals surface area contributed by atoms with E-state index in [1.807, 2.05) is 62.7 Å². The highest BCUT2D eigenvalue weighted by atomic mass is 16.5. The highest BCUT2D eigenvalue weighted by Gasteiger charge is 2.24. The van der Waals surface area contributed by atoms with Gasteiger partial charge in [-0.15, -0.1) is 0 Å². The van der Waals surface area contributed by atoms with Crippen molar-refractivity contribution in [1.82, 2.24) is 9.55 Å². The summed E-state index contributed by atoms with van der Waals surface area (Å²) in [5, 5.41) is 28.4. The standard InChI is InChI=1S/C25H31N5O2/c1-16(2)12-24(26)30(19-8-6-18(7-9-19)29-11-10-28-15-29)25(27)21-13-20(17(3)4)23(32-5)14-22(21)31/h6-11,13-17,26-27,31H,12H2,1-5H3. The van der Waals surface area contributed by atoms with E-state index in [9.17, 15) is 5.11 Å². The van der Waals surface area contributed by atoms with Gasteiger partial charge in [-0.3, -0.25) is 15.7 Å². The Kier molecular flexibility index (Phi) is 6.98. The van der Waals surface area contributed by atoms with Gasteiger partial charge in [0.25, 0.3) is 0 Å². The lowest BCUT2D eigenvalue weighted by molar-refractivity contribution is 0.400. The number of rotatable bonds is 7. The van der Waals surface area contributed by atoms with Gasteiger partial charge in [-0.25, -0.2) is 4.98 Å². The van der Waals surface area contributed by atoms with Crippen molar-refractivity contribution < 1.29 is 9.84 Å². The van der Waals surface area contributed by atoms with Crippen molar-refractivity contribution in [2.24, 2.45) is 5.92 Å². The number of phenolic OH excluding ortho intramolecular Hbond substituents is 1. The molecule has 7 nitrogen and oxygen atoms in total. The van der Waals surface area contributed by atoms with Crippen LogP contribution in [0.1, 0.15) is 51.2 Å². The molecule has 0 aliphatic heterocycles. The van der Waals surface area contributed by atoms with E-state index in [0.717, 1.165) is 11.3 Å². The number of amidine groups is 2. The van der Waals surface area contributed by atoms with E-state index >= 15 is 0 Å². The van der Waals surface area contributed by atoms with E-state index in [2.05, 4.69) is 4.98 Å². The number of nitrogens with one attached hydrogen (secondary N) is 2. The molecule has 168 valence electrons. The molecule has 1 aromatic heterocycles. The van der Waals surface area contributed by atoms with Crippen LogP contribution in [0.5, 0.6) is 11.5 Å². The van der Waals surface area contributed by atoms with E-state index in [4.69, 9.17) is 15.6 Å². The summed E-state index contributed by atoms with van der Waals surface area (Å²) in [5.74, 6) is 1.28. The zero-order chi connectivity index (χ0) is 23.4. The van der Waals surface area contributed by atoms with Crippen LogP contribution in [0.3, 0.4) is 0 Å². The minimum atomic E-state index is -0.0476. The van der Waals surface area contributed by atoms with Gasteiger partial charge in [-0.05, 0) is 47.7 Å². The maximum absolute atomic E-state index is 10.7. The summed E-state index contributed by atoms with van der Waals surface area (Å²) < 4.78 is 7.31. The fourth-order valence-corrected chi connectivity index (χ4v) is 3.61. The maximum atomic E-state index is 10.7. The third-order valence-electron chi connectivity index (χ3n) is 5.23. The van der Waals surface area contributed by atoms with E-state index < -0.39 is 0 Å². The molecule has 0 saturated carbocycles. The lowest BCUT2D eigenvalue weighted by atomic mass is 9.97. The molecule has 0 radical (unpaired) electrons. The van der Waals surface area contributed by atoms with Crippen molar-refractivity contribution in [1.29, 1.82) is 10.8 Å². The van der Waals surface area contributed by atoms with Crippen molar-refractivity contribution in [2.75, 3.05) is 12.0 Å². The maximum Gasteiger partial charge on any atom is 0.141 e. The lowest BCUT2D eigenvalue weighted by Crippen LogP contribution is -2.37. The fraction of sp³-hybridized carbons (Fsp3) is 0.320. The molecule has 0 unspecified atom stereocenters. The Bertz CT molecular complexity index is 1090. The van der Waals surface area contributed by atoms with Gasteiger partial charge in [0.05, 0.1) is 19.0 Å². The van der Waals surface area contributed by atoms with Gasteiger partial charge in [0, 0.05) is 36.3 Å². The molecule has 2 aromatic carbocycles. The number of benzene rings is 2. The van der Waals surface area contributed by atoms with Crippen molar-refractivity contribution in [3.63, 3.8) is 0 Å². The average molecular weight is 434 g/mol. The van der Waals surface area contributed by atoms with Crippen LogP contribution in [0.25, 0.3) is 5.69 Å². The van der Waals surface area contributed by atoms with Crippen LogP contribution in [0.2, 0.25) is 0 Å². The first-order chi connectivity index (χ1) is 15.2. The van der Waals surface area contributed by atoms with Crippen molar-refractivity contribution >= 4 is 17.4 Å². The summed E-state index contributed by atoms with van der Waals surface area (Å²) in [5.41, 5.74) is 2.88. The minimum Gasteiger partial charge on any atom is -0.507 e. The summed E-state index contributed by atoms with van der Waals surface area (Å²) >= 11 is 0. The highest BCUT2D eigenvalue weighted by molar-refractivity contribution is 6.23. The summed E-state index contributed by atoms with van der Waals surface area (Å²) in [6.45, 7) is 8.16. The van der Waals surface area contributed by atoms with Crippen molar-refractivity contribution in [3.05, 3.63) is 66.2 Å². The molecule has 0 fully saturated rings. The number of nitrogens with zero attached hydrogens (tertiary/aromatic N) is 3. The average Bonchev–Trinajstić information content (AvgIpc) is 3.28. The topological polar surface area (TPSA) is 98.2 Å². The predicted octanol–water partition coefficient (Wildman–Crippen LogP) is 5.57. The number of aromatic nitrogens is 2. The molecule has 0 aliphatic rings. The molecule has 0 saturated heterocycles. The first-order valence-electron chi connectivity index (χ1n) is 10.7. The molecular formula is C25H31N5O2. The van der Waals surface area contributed by atoms with Crippen LogP contribution in [-0.2, 0) is 0 Å². The Balaban J connectivity index is 2.05. The van der Waals surface area contributed by atoms with Gasteiger partial charge in [0.15, 0.2) is 0 Å². The van der Waals surface area contributed by atoms with Crippen LogP contribution in [-0.4, -0.2) is 33.4 Å². The molecule has 0 aliphatic carbocycles. The number of aromatic hydroxyl groups is 1. The Morgan fingerprint density at radius 3 is 2.34 bits per heavy atom. The fourth-order valence-electron chi connectivity index (χ4n) is 3.61. The molecule has 32 heavy (non-hydrogen) atoms. The van der Waals surface area contributed by atoms with E-state index in [1.54, 1.807) is 36.7 Å². The molecule has 0 atom stereocenters. The normalized spacial score (nSPS) is 11.1. The van der Waals surface area contributed by atoms with E-state index in [1.165, 1.54) is 0 Å². The van der Waals surface area contributed by atoms with Gasteiger partial charge in [-0.1, -0.05) is 27.7 Å². The predicted molar refractivity (Wildman–Crippen MR) is 129 cm³/mol. The summed E-state index contributed by atoms with van der Waals surface area (Å²) in [4.78, 5) is 5.66.